The topological polar surface area (TPSA) is 52.9 Å². The summed E-state index contributed by atoms with van der Waals surface area (Å²) in [5.41, 5.74) is 6.04. The molecule has 4 nitrogen and oxygen atoms in total. The highest BCUT2D eigenvalue weighted by Crippen LogP contribution is 2.44. The molecule has 0 aromatic heterocycles. The van der Waals surface area contributed by atoms with Gasteiger partial charge in [-0.25, -0.2) is 4.79 Å². The first kappa shape index (κ1) is 20.1. The monoisotopic (exact) mass is 378 g/mol. The number of fused-ring (bicyclic) bond motifs is 1. The van der Waals surface area contributed by atoms with E-state index < -0.39 is 5.97 Å². The van der Waals surface area contributed by atoms with E-state index in [1.165, 1.54) is 16.8 Å². The first-order chi connectivity index (χ1) is 13.2. The normalized spacial score (nSPS) is 18.3. The summed E-state index contributed by atoms with van der Waals surface area (Å²) in [4.78, 5) is 18.2. The summed E-state index contributed by atoms with van der Waals surface area (Å²) in [5, 5.41) is 9.15. The van der Waals surface area contributed by atoms with Crippen LogP contribution in [-0.2, 0) is 0 Å². The summed E-state index contributed by atoms with van der Waals surface area (Å²) in [5.74, 6) is -0.448. The largest absolute Gasteiger partial charge is 0.478 e. The number of aliphatic imine (C=N–C) groups is 1. The van der Waals surface area contributed by atoms with Crippen LogP contribution in [0.5, 0.6) is 0 Å². The summed E-state index contributed by atoms with van der Waals surface area (Å²) in [6.07, 6.45) is 4.10. The number of carboxylic acids is 1. The van der Waals surface area contributed by atoms with Gasteiger partial charge in [-0.3, -0.25) is 4.99 Å². The molecule has 1 unspecified atom stereocenters. The van der Waals surface area contributed by atoms with Crippen LogP contribution in [0.2, 0.25) is 0 Å². The molecule has 1 heterocycles. The van der Waals surface area contributed by atoms with Gasteiger partial charge in [-0.15, -0.1) is 0 Å². The molecule has 3 rings (SSSR count). The Hall–Kier alpha value is -2.62. The van der Waals surface area contributed by atoms with Crippen molar-refractivity contribution in [3.8, 4) is 0 Å². The van der Waals surface area contributed by atoms with Crippen LogP contribution < -0.4 is 4.90 Å². The number of nitrogens with zero attached hydrogens (tertiary/aromatic N) is 2. The standard InChI is InChI=1S/C24H30N2O2/c1-6-10-26-22-11-16(2)19(13-21(22)17(3)14-24(26,4)5)15-25-20-9-7-8-18(12-20)23(27)28/h7-9,11-13,15,17H,6,10,14H2,1-5H3,(H,27,28). The van der Waals surface area contributed by atoms with E-state index in [2.05, 4.69) is 56.6 Å². The van der Waals surface area contributed by atoms with Crippen LogP contribution in [0, 0.1) is 6.92 Å². The van der Waals surface area contributed by atoms with Crippen molar-refractivity contribution in [1.29, 1.82) is 0 Å². The van der Waals surface area contributed by atoms with Crippen LogP contribution in [-0.4, -0.2) is 29.4 Å². The zero-order chi connectivity index (χ0) is 20.5. The number of hydrogen-bond acceptors (Lipinski definition) is 3. The summed E-state index contributed by atoms with van der Waals surface area (Å²) in [6, 6.07) is 11.3. The average Bonchev–Trinajstić information content (AvgIpc) is 2.63. The zero-order valence-corrected chi connectivity index (χ0v) is 17.5. The van der Waals surface area contributed by atoms with E-state index in [4.69, 9.17) is 5.11 Å². The fourth-order valence-electron chi connectivity index (χ4n) is 4.30. The Balaban J connectivity index is 1.98. The second-order valence-electron chi connectivity index (χ2n) is 8.45. The smallest absolute Gasteiger partial charge is 0.335 e. The molecule has 1 atom stereocenters. The van der Waals surface area contributed by atoms with Gasteiger partial charge in [0.2, 0.25) is 0 Å². The number of hydrogen-bond donors (Lipinski definition) is 1. The van der Waals surface area contributed by atoms with E-state index in [0.717, 1.165) is 24.9 Å². The minimum absolute atomic E-state index is 0.155. The Kier molecular flexibility index (Phi) is 5.59. The molecule has 1 aliphatic rings. The van der Waals surface area contributed by atoms with Gasteiger partial charge in [0.25, 0.3) is 0 Å². The second-order valence-corrected chi connectivity index (χ2v) is 8.45. The maximum absolute atomic E-state index is 11.2. The third kappa shape index (κ3) is 3.96. The maximum Gasteiger partial charge on any atom is 0.335 e. The lowest BCUT2D eigenvalue weighted by Gasteiger charge is -2.48. The molecule has 0 radical (unpaired) electrons. The number of carboxylic acid groups (broad SMARTS) is 1. The minimum Gasteiger partial charge on any atom is -0.478 e. The van der Waals surface area contributed by atoms with Crippen molar-refractivity contribution < 1.29 is 9.90 Å². The van der Waals surface area contributed by atoms with Crippen LogP contribution in [0.25, 0.3) is 0 Å². The minimum atomic E-state index is -0.936. The maximum atomic E-state index is 11.2. The van der Waals surface area contributed by atoms with Crippen molar-refractivity contribution in [2.24, 2.45) is 4.99 Å². The first-order valence-electron chi connectivity index (χ1n) is 10.0. The number of anilines is 1. The number of rotatable bonds is 5. The van der Waals surface area contributed by atoms with Crippen LogP contribution in [0.3, 0.4) is 0 Å². The molecular formula is C24H30N2O2. The molecule has 0 saturated heterocycles. The average molecular weight is 379 g/mol. The van der Waals surface area contributed by atoms with Gasteiger partial charge in [-0.05, 0) is 86.6 Å². The van der Waals surface area contributed by atoms with Crippen molar-refractivity contribution in [1.82, 2.24) is 0 Å². The number of carbonyl (C=O) groups is 1. The summed E-state index contributed by atoms with van der Waals surface area (Å²) in [7, 11) is 0. The van der Waals surface area contributed by atoms with Gasteiger partial charge in [-0.1, -0.05) is 19.9 Å². The van der Waals surface area contributed by atoms with E-state index in [1.54, 1.807) is 18.2 Å². The predicted molar refractivity (Wildman–Crippen MR) is 117 cm³/mol. The number of aryl methyl sites for hydroxylation is 1. The Bertz CT molecular complexity index is 915. The van der Waals surface area contributed by atoms with E-state index >= 15 is 0 Å². The molecule has 4 heteroatoms. The van der Waals surface area contributed by atoms with Crippen LogP contribution in [0.15, 0.2) is 41.4 Å². The molecule has 0 spiro atoms. The van der Waals surface area contributed by atoms with Gasteiger partial charge in [0, 0.05) is 24.0 Å². The molecular weight excluding hydrogens is 348 g/mol. The van der Waals surface area contributed by atoms with Crippen molar-refractivity contribution in [2.45, 2.75) is 58.9 Å². The molecule has 2 aromatic carbocycles. The molecule has 0 amide bonds. The van der Waals surface area contributed by atoms with Crippen LogP contribution in [0.4, 0.5) is 11.4 Å². The van der Waals surface area contributed by atoms with E-state index in [1.807, 2.05) is 12.3 Å². The highest BCUT2D eigenvalue weighted by atomic mass is 16.4. The van der Waals surface area contributed by atoms with Gasteiger partial charge in [0.15, 0.2) is 0 Å². The molecule has 0 fully saturated rings. The van der Waals surface area contributed by atoms with Gasteiger partial charge in [-0.2, -0.15) is 0 Å². The summed E-state index contributed by atoms with van der Waals surface area (Å²) < 4.78 is 0. The van der Waals surface area contributed by atoms with Crippen molar-refractivity contribution >= 4 is 23.6 Å². The number of aromatic carboxylic acids is 1. The summed E-state index contributed by atoms with van der Waals surface area (Å²) >= 11 is 0. The predicted octanol–water partition coefficient (Wildman–Crippen LogP) is 5.95. The molecule has 2 aromatic rings. The third-order valence-corrected chi connectivity index (χ3v) is 5.67. The number of benzene rings is 2. The van der Waals surface area contributed by atoms with Gasteiger partial charge < -0.3 is 10.0 Å². The van der Waals surface area contributed by atoms with Gasteiger partial charge in [0.05, 0.1) is 11.3 Å². The SMILES string of the molecule is CCCN1c2cc(C)c(C=Nc3cccc(C(=O)O)c3)cc2C(C)CC1(C)C. The zero-order valence-electron chi connectivity index (χ0n) is 17.5. The van der Waals surface area contributed by atoms with Crippen LogP contribution >= 0.6 is 0 Å². The lowest BCUT2D eigenvalue weighted by molar-refractivity contribution is 0.0697. The Morgan fingerprint density at radius 3 is 2.75 bits per heavy atom. The van der Waals surface area contributed by atoms with Crippen molar-refractivity contribution in [2.75, 3.05) is 11.4 Å². The lowest BCUT2D eigenvalue weighted by Crippen LogP contribution is -2.48. The van der Waals surface area contributed by atoms with Crippen molar-refractivity contribution in [3.63, 3.8) is 0 Å². The van der Waals surface area contributed by atoms with E-state index in [0.29, 0.717) is 11.6 Å². The highest BCUT2D eigenvalue weighted by molar-refractivity contribution is 5.90. The second kappa shape index (κ2) is 7.78. The van der Waals surface area contributed by atoms with E-state index in [9.17, 15) is 4.79 Å². The molecule has 0 bridgehead atoms. The molecule has 28 heavy (non-hydrogen) atoms. The first-order valence-corrected chi connectivity index (χ1v) is 10.0. The fraction of sp³-hybridized carbons (Fsp3) is 0.417. The molecule has 148 valence electrons. The Morgan fingerprint density at radius 2 is 2.07 bits per heavy atom. The molecule has 1 N–H and O–H groups in total. The van der Waals surface area contributed by atoms with Crippen molar-refractivity contribution in [3.05, 3.63) is 58.7 Å². The van der Waals surface area contributed by atoms with Gasteiger partial charge >= 0.3 is 5.97 Å². The molecule has 0 saturated carbocycles. The summed E-state index contributed by atoms with van der Waals surface area (Å²) in [6.45, 7) is 12.4. The molecule has 0 aliphatic carbocycles. The fourth-order valence-corrected chi connectivity index (χ4v) is 4.30. The van der Waals surface area contributed by atoms with Gasteiger partial charge in [0.1, 0.15) is 0 Å². The lowest BCUT2D eigenvalue weighted by atomic mass is 9.79. The Labute approximate surface area is 167 Å². The highest BCUT2D eigenvalue weighted by Gasteiger charge is 2.36. The van der Waals surface area contributed by atoms with Crippen LogP contribution in [0.1, 0.15) is 73.5 Å². The quantitative estimate of drug-likeness (QED) is 0.655. The third-order valence-electron chi connectivity index (χ3n) is 5.67. The molecule has 1 aliphatic heterocycles. The Morgan fingerprint density at radius 1 is 1.32 bits per heavy atom. The van der Waals surface area contributed by atoms with E-state index in [-0.39, 0.29) is 11.1 Å².